The molecule has 1 aromatic rings. The van der Waals surface area contributed by atoms with E-state index in [2.05, 4.69) is 10.1 Å². The molecule has 4 aliphatic rings. The number of rotatable bonds is 4. The Labute approximate surface area is 125 Å². The number of nitrogens with one attached hydrogen (secondary N) is 1. The Morgan fingerprint density at radius 3 is 2.43 bits per heavy atom. The summed E-state index contributed by atoms with van der Waals surface area (Å²) in [6.45, 7) is 0.711. The molecular weight excluding hydrogens is 266 g/mol. The van der Waals surface area contributed by atoms with Gasteiger partial charge in [-0.2, -0.15) is 0 Å². The molecule has 4 saturated carbocycles. The number of hydrogen-bond donors (Lipinski definition) is 1. The summed E-state index contributed by atoms with van der Waals surface area (Å²) >= 11 is 0. The first kappa shape index (κ1) is 13.4. The molecule has 0 aromatic carbocycles. The zero-order valence-electron chi connectivity index (χ0n) is 12.6. The summed E-state index contributed by atoms with van der Waals surface area (Å²) in [7, 11) is 1.37. The maximum Gasteiger partial charge on any atom is 0.373 e. The zero-order chi connectivity index (χ0) is 14.4. The third-order valence-corrected chi connectivity index (χ3v) is 5.72. The van der Waals surface area contributed by atoms with E-state index in [9.17, 15) is 4.79 Å². The Kier molecular flexibility index (Phi) is 3.10. The molecule has 0 amide bonds. The molecule has 1 heterocycles. The van der Waals surface area contributed by atoms with E-state index in [1.807, 2.05) is 6.07 Å². The average molecular weight is 289 g/mol. The van der Waals surface area contributed by atoms with Crippen molar-refractivity contribution in [2.75, 3.05) is 7.11 Å². The summed E-state index contributed by atoms with van der Waals surface area (Å²) < 4.78 is 10.2. The third kappa shape index (κ3) is 2.39. The summed E-state index contributed by atoms with van der Waals surface area (Å²) in [5.41, 5.74) is 0.326. The van der Waals surface area contributed by atoms with Crippen molar-refractivity contribution in [2.45, 2.75) is 50.6 Å². The largest absolute Gasteiger partial charge is 0.463 e. The molecule has 114 valence electrons. The number of esters is 1. The minimum Gasteiger partial charge on any atom is -0.463 e. The summed E-state index contributed by atoms with van der Waals surface area (Å²) in [4.78, 5) is 11.4. The van der Waals surface area contributed by atoms with Crippen LogP contribution in [-0.2, 0) is 11.3 Å². The van der Waals surface area contributed by atoms with E-state index >= 15 is 0 Å². The quantitative estimate of drug-likeness (QED) is 0.865. The van der Waals surface area contributed by atoms with Crippen LogP contribution in [0.15, 0.2) is 16.5 Å². The highest BCUT2D eigenvalue weighted by atomic mass is 16.5. The standard InChI is InChI=1S/C17H23NO3/c1-20-16(19)15-3-2-14(21-15)10-18-17-7-11-4-12(8-17)6-13(5-11)9-17/h2-3,11-13,18H,4-10H2,1H3. The van der Waals surface area contributed by atoms with E-state index in [-0.39, 0.29) is 0 Å². The Bertz CT molecular complexity index is 513. The molecule has 0 unspecified atom stereocenters. The van der Waals surface area contributed by atoms with Gasteiger partial charge >= 0.3 is 5.97 Å². The van der Waals surface area contributed by atoms with Crippen molar-refractivity contribution in [3.63, 3.8) is 0 Å². The second-order valence-corrected chi connectivity index (χ2v) is 7.31. The van der Waals surface area contributed by atoms with Crippen LogP contribution in [0.2, 0.25) is 0 Å². The van der Waals surface area contributed by atoms with Crippen LogP contribution in [0, 0.1) is 17.8 Å². The Hall–Kier alpha value is -1.29. The SMILES string of the molecule is COC(=O)c1ccc(CNC23CC4CC(CC(C4)C2)C3)o1. The van der Waals surface area contributed by atoms with E-state index in [0.717, 1.165) is 23.5 Å². The van der Waals surface area contributed by atoms with Gasteiger partial charge in [0, 0.05) is 5.54 Å². The van der Waals surface area contributed by atoms with Crippen LogP contribution >= 0.6 is 0 Å². The average Bonchev–Trinajstić information content (AvgIpc) is 2.92. The van der Waals surface area contributed by atoms with Crippen molar-refractivity contribution in [1.29, 1.82) is 0 Å². The number of ether oxygens (including phenoxy) is 1. The van der Waals surface area contributed by atoms with Crippen LogP contribution in [-0.4, -0.2) is 18.6 Å². The fourth-order valence-electron chi connectivity index (χ4n) is 5.28. The van der Waals surface area contributed by atoms with Crippen LogP contribution in [0.1, 0.15) is 54.8 Å². The predicted octanol–water partition coefficient (Wildman–Crippen LogP) is 3.12. The van der Waals surface area contributed by atoms with Crippen LogP contribution in [0.5, 0.6) is 0 Å². The highest BCUT2D eigenvalue weighted by Crippen LogP contribution is 2.55. The molecule has 4 bridgehead atoms. The number of carbonyl (C=O) groups excluding carboxylic acids is 1. The van der Waals surface area contributed by atoms with Gasteiger partial charge in [0.25, 0.3) is 0 Å². The van der Waals surface area contributed by atoms with Crippen molar-refractivity contribution < 1.29 is 13.9 Å². The van der Waals surface area contributed by atoms with E-state index in [4.69, 9.17) is 4.42 Å². The zero-order valence-corrected chi connectivity index (χ0v) is 12.6. The van der Waals surface area contributed by atoms with Gasteiger partial charge in [-0.1, -0.05) is 0 Å². The monoisotopic (exact) mass is 289 g/mol. The summed E-state index contributed by atoms with van der Waals surface area (Å²) in [5, 5.41) is 3.77. The molecule has 0 radical (unpaired) electrons. The maximum absolute atomic E-state index is 11.4. The van der Waals surface area contributed by atoms with E-state index < -0.39 is 5.97 Å². The minimum atomic E-state index is -0.406. The molecule has 1 aromatic heterocycles. The normalized spacial score (nSPS) is 36.9. The van der Waals surface area contributed by atoms with Crippen LogP contribution < -0.4 is 5.32 Å². The van der Waals surface area contributed by atoms with Crippen LogP contribution in [0.4, 0.5) is 0 Å². The van der Waals surface area contributed by atoms with E-state index in [0.29, 0.717) is 17.8 Å². The van der Waals surface area contributed by atoms with Gasteiger partial charge in [0.1, 0.15) is 5.76 Å². The van der Waals surface area contributed by atoms with Crippen molar-refractivity contribution in [3.8, 4) is 0 Å². The van der Waals surface area contributed by atoms with Gasteiger partial charge in [0.05, 0.1) is 13.7 Å². The molecule has 4 aliphatic carbocycles. The van der Waals surface area contributed by atoms with Gasteiger partial charge in [-0.05, 0) is 68.4 Å². The van der Waals surface area contributed by atoms with Crippen molar-refractivity contribution >= 4 is 5.97 Å². The fourth-order valence-corrected chi connectivity index (χ4v) is 5.28. The van der Waals surface area contributed by atoms with Gasteiger partial charge in [-0.15, -0.1) is 0 Å². The lowest BCUT2D eigenvalue weighted by molar-refractivity contribution is -0.0213. The summed E-state index contributed by atoms with van der Waals surface area (Å²) in [5.74, 6) is 3.52. The lowest BCUT2D eigenvalue weighted by atomic mass is 9.53. The number of hydrogen-bond acceptors (Lipinski definition) is 4. The van der Waals surface area contributed by atoms with E-state index in [1.165, 1.54) is 45.6 Å². The molecule has 0 atom stereocenters. The molecule has 4 nitrogen and oxygen atoms in total. The van der Waals surface area contributed by atoms with Crippen LogP contribution in [0.3, 0.4) is 0 Å². The molecule has 4 heteroatoms. The molecule has 0 aliphatic heterocycles. The smallest absolute Gasteiger partial charge is 0.373 e. The first-order valence-electron chi connectivity index (χ1n) is 8.08. The van der Waals surface area contributed by atoms with Gasteiger partial charge in [0.2, 0.25) is 5.76 Å². The topological polar surface area (TPSA) is 51.5 Å². The second kappa shape index (κ2) is 4.87. The lowest BCUT2D eigenvalue weighted by Gasteiger charge is -2.57. The minimum absolute atomic E-state index is 0.291. The Morgan fingerprint density at radius 1 is 1.24 bits per heavy atom. The molecule has 1 N–H and O–H groups in total. The fraction of sp³-hybridized carbons (Fsp3) is 0.706. The number of carbonyl (C=O) groups is 1. The first-order chi connectivity index (χ1) is 10.2. The highest BCUT2D eigenvalue weighted by molar-refractivity contribution is 5.86. The molecule has 0 saturated heterocycles. The van der Waals surface area contributed by atoms with Gasteiger partial charge < -0.3 is 14.5 Å². The molecular formula is C17H23NO3. The van der Waals surface area contributed by atoms with Crippen molar-refractivity contribution in [2.24, 2.45) is 17.8 Å². The molecule has 21 heavy (non-hydrogen) atoms. The van der Waals surface area contributed by atoms with Crippen molar-refractivity contribution in [3.05, 3.63) is 23.7 Å². The summed E-state index contributed by atoms with van der Waals surface area (Å²) in [6.07, 6.45) is 8.33. The molecule has 4 fully saturated rings. The molecule has 5 rings (SSSR count). The number of furan rings is 1. The third-order valence-electron chi connectivity index (χ3n) is 5.72. The van der Waals surface area contributed by atoms with Gasteiger partial charge in [-0.25, -0.2) is 4.79 Å². The molecule has 0 spiro atoms. The van der Waals surface area contributed by atoms with Gasteiger partial charge in [-0.3, -0.25) is 0 Å². The van der Waals surface area contributed by atoms with Gasteiger partial charge in [0.15, 0.2) is 0 Å². The van der Waals surface area contributed by atoms with E-state index in [1.54, 1.807) is 6.07 Å². The lowest BCUT2D eigenvalue weighted by Crippen LogP contribution is -2.58. The first-order valence-corrected chi connectivity index (χ1v) is 8.08. The van der Waals surface area contributed by atoms with Crippen LogP contribution in [0.25, 0.3) is 0 Å². The van der Waals surface area contributed by atoms with Crippen molar-refractivity contribution in [1.82, 2.24) is 5.32 Å². The predicted molar refractivity (Wildman–Crippen MR) is 77.8 cm³/mol. The maximum atomic E-state index is 11.4. The number of methoxy groups -OCH3 is 1. The highest BCUT2D eigenvalue weighted by Gasteiger charge is 2.50. The Balaban J connectivity index is 1.42. The Morgan fingerprint density at radius 2 is 1.86 bits per heavy atom. The second-order valence-electron chi connectivity index (χ2n) is 7.31. The summed E-state index contributed by atoms with van der Waals surface area (Å²) in [6, 6.07) is 3.57.